The van der Waals surface area contributed by atoms with E-state index in [1.54, 1.807) is 6.20 Å². The first-order chi connectivity index (χ1) is 52.3. The zero-order chi connectivity index (χ0) is 76.1. The van der Waals surface area contributed by atoms with Crippen molar-refractivity contribution in [2.75, 3.05) is 0 Å². The second kappa shape index (κ2) is 31.6. The number of para-hydroxylation sites is 3. The third-order valence-electron chi connectivity index (χ3n) is 20.5. The Hall–Kier alpha value is -11.2. The topological polar surface area (TPSA) is 115 Å². The molecule has 0 radical (unpaired) electrons. The summed E-state index contributed by atoms with van der Waals surface area (Å²) < 4.78 is 4.29. The SMILES string of the molecule is CC(C)(C)c1cc(-c2nc3c(-c4[c-]c(-c5cc(-c6ccc(-c7ccccc7)cc6)ccn5)ccc4)cccc3n2-c2ccccc2)c(O)c(C(C)(C)C)c1.Cc1cnc(-c2[c-]c(-c3cccc4c3nc(-c3cc(C(C)(C)C)cc(C(C)(C)C)c3O)n4-c3cccnc3)cc(-c3ccccc3)c2)cc1-c1ccccc1.[Pt].[Pt]. The molecular weight excluding hydrogens is 1720 g/mol. The van der Waals surface area contributed by atoms with Gasteiger partial charge in [-0.2, -0.15) is 0 Å². The van der Waals surface area contributed by atoms with Gasteiger partial charge in [-0.25, -0.2) is 9.97 Å². The molecule has 5 heterocycles. The number of aromatic hydroxyl groups is 2. The number of aryl methyl sites for hydroxylation is 1. The average molecular weight is 1810 g/mol. The van der Waals surface area contributed by atoms with Crippen molar-refractivity contribution >= 4 is 22.1 Å². The molecule has 0 unspecified atom stereocenters. The molecule has 0 aliphatic carbocycles. The van der Waals surface area contributed by atoms with E-state index in [1.165, 1.54) is 11.1 Å². The number of hydrogen-bond acceptors (Lipinski definition) is 7. The Morgan fingerprint density at radius 1 is 0.315 bits per heavy atom. The van der Waals surface area contributed by atoms with Gasteiger partial charge >= 0.3 is 0 Å². The molecule has 111 heavy (non-hydrogen) atoms. The van der Waals surface area contributed by atoms with Crippen LogP contribution in [0.3, 0.4) is 0 Å². The summed E-state index contributed by atoms with van der Waals surface area (Å²) in [7, 11) is 0. The standard InChI is InChI=1S/C50H45N4O.C50H44N3O.2Pt/c1-32-30-52-44(29-41(32)34-18-12-9-13-19-34)37-25-35(33-16-10-8-11-17-33)24-36(26-37)40-21-14-22-45-46(40)53-48(54(45)39-20-15-23-51-31-39)42-27-38(49(2,3)4)28-43(47(42)55)50(5,6)7;1-49(2,3)39-31-42(47(54)43(32-39)50(4,5)6)48-52-46-41(21-14-22-45(46)53(48)40-19-11-8-12-20-40)37-17-13-18-38(29-37)44-30-36(27-28-51-44)35-25-23-34(24-26-35)33-15-9-7-10-16-33;;/h8-25,27-31,55H,1-7H3;7-28,30-32,54H,1-6H3;;/q2*-1;;. The molecule has 0 spiro atoms. The molecule has 0 saturated heterocycles. The number of rotatable bonds is 12. The number of hydrogen-bond donors (Lipinski definition) is 2. The first-order valence-electron chi connectivity index (χ1n) is 37.4. The quantitative estimate of drug-likeness (QED) is 0.117. The molecule has 0 atom stereocenters. The van der Waals surface area contributed by atoms with Crippen LogP contribution in [0.15, 0.2) is 292 Å². The number of aromatic nitrogens is 7. The van der Waals surface area contributed by atoms with Gasteiger partial charge in [-0.05, 0) is 139 Å². The van der Waals surface area contributed by atoms with Crippen molar-refractivity contribution in [3.05, 3.63) is 332 Å². The smallest absolute Gasteiger partial charge is 0.148 e. The van der Waals surface area contributed by atoms with E-state index in [0.29, 0.717) is 22.8 Å². The number of phenolic OH excluding ortho intramolecular Hbond substituents is 2. The second-order valence-electron chi connectivity index (χ2n) is 32.4. The molecule has 0 aliphatic rings. The molecule has 11 aromatic carbocycles. The third kappa shape index (κ3) is 16.1. The molecule has 558 valence electrons. The van der Waals surface area contributed by atoms with E-state index in [4.69, 9.17) is 19.9 Å². The first kappa shape index (κ1) is 77.9. The maximum atomic E-state index is 12.1. The molecule has 2 N–H and O–H groups in total. The predicted molar refractivity (Wildman–Crippen MR) is 450 cm³/mol. The Morgan fingerprint density at radius 2 is 0.757 bits per heavy atom. The van der Waals surface area contributed by atoms with Crippen molar-refractivity contribution < 1.29 is 52.3 Å². The largest absolute Gasteiger partial charge is 0.507 e. The molecular formula is C100H89N7O2Pt2-2. The van der Waals surface area contributed by atoms with E-state index in [2.05, 4.69) is 335 Å². The van der Waals surface area contributed by atoms with E-state index < -0.39 is 0 Å². The predicted octanol–water partition coefficient (Wildman–Crippen LogP) is 25.4. The molecule has 11 heteroatoms. The molecule has 0 amide bonds. The Morgan fingerprint density at radius 3 is 1.28 bits per heavy atom. The van der Waals surface area contributed by atoms with Gasteiger partial charge in [0.05, 0.1) is 45.1 Å². The summed E-state index contributed by atoms with van der Waals surface area (Å²) in [6, 6.07) is 99.7. The maximum Gasteiger partial charge on any atom is 0.148 e. The van der Waals surface area contributed by atoms with Crippen molar-refractivity contribution in [1.29, 1.82) is 0 Å². The normalized spacial score (nSPS) is 11.8. The average Bonchev–Trinajstić information content (AvgIpc) is 1.61. The van der Waals surface area contributed by atoms with E-state index >= 15 is 0 Å². The van der Waals surface area contributed by atoms with Gasteiger partial charge in [0.1, 0.15) is 23.1 Å². The summed E-state index contributed by atoms with van der Waals surface area (Å²) in [5.41, 5.74) is 27.3. The van der Waals surface area contributed by atoms with Gasteiger partial charge in [0, 0.05) is 88.9 Å². The minimum atomic E-state index is -0.302. The second-order valence-corrected chi connectivity index (χ2v) is 32.4. The summed E-state index contributed by atoms with van der Waals surface area (Å²) in [5, 5.41) is 24.1. The third-order valence-corrected chi connectivity index (χ3v) is 20.5. The van der Waals surface area contributed by atoms with Gasteiger partial charge in [0.15, 0.2) is 0 Å². The van der Waals surface area contributed by atoms with Crippen molar-refractivity contribution in [3.8, 4) is 135 Å². The van der Waals surface area contributed by atoms with Crippen LogP contribution in [0.25, 0.3) is 145 Å². The summed E-state index contributed by atoms with van der Waals surface area (Å²) in [4.78, 5) is 25.1. The van der Waals surface area contributed by atoms with Crippen LogP contribution < -0.4 is 0 Å². The van der Waals surface area contributed by atoms with Crippen LogP contribution in [0.5, 0.6) is 11.5 Å². The molecule has 16 aromatic rings. The molecule has 0 bridgehead atoms. The van der Waals surface area contributed by atoms with Crippen LogP contribution in [-0.2, 0) is 63.8 Å². The Labute approximate surface area is 681 Å². The summed E-state index contributed by atoms with van der Waals surface area (Å²) in [6.45, 7) is 28.2. The Kier molecular flexibility index (Phi) is 22.2. The molecule has 0 aliphatic heterocycles. The number of fused-ring (bicyclic) bond motifs is 2. The zero-order valence-corrected chi connectivity index (χ0v) is 69.4. The molecule has 16 rings (SSSR count). The number of nitrogens with zero attached hydrogens (tertiary/aromatic N) is 7. The minimum absolute atomic E-state index is 0. The molecule has 9 nitrogen and oxygen atoms in total. The Bertz CT molecular complexity index is 6030. The van der Waals surface area contributed by atoms with Crippen LogP contribution in [0.4, 0.5) is 0 Å². The minimum Gasteiger partial charge on any atom is -0.507 e. The van der Waals surface area contributed by atoms with Gasteiger partial charge in [0.2, 0.25) is 0 Å². The molecule has 0 saturated carbocycles. The number of phenols is 2. The first-order valence-corrected chi connectivity index (χ1v) is 37.4. The van der Waals surface area contributed by atoms with E-state index in [-0.39, 0.29) is 75.3 Å². The van der Waals surface area contributed by atoms with Gasteiger partial charge in [-0.3, -0.25) is 24.1 Å². The van der Waals surface area contributed by atoms with Gasteiger partial charge < -0.3 is 10.2 Å². The summed E-state index contributed by atoms with van der Waals surface area (Å²) in [5.74, 6) is 1.85. The zero-order valence-electron chi connectivity index (χ0n) is 64.9. The molecule has 5 aromatic heterocycles. The van der Waals surface area contributed by atoms with Crippen molar-refractivity contribution in [2.45, 2.75) is 112 Å². The maximum absolute atomic E-state index is 12.1. The van der Waals surface area contributed by atoms with Gasteiger partial charge in [-0.15, -0.1) is 53.6 Å². The van der Waals surface area contributed by atoms with Crippen LogP contribution in [0.2, 0.25) is 0 Å². The fraction of sp³-hybridized carbons (Fsp3) is 0.170. The van der Waals surface area contributed by atoms with Crippen LogP contribution in [-0.4, -0.2) is 44.3 Å². The van der Waals surface area contributed by atoms with Crippen molar-refractivity contribution in [1.82, 2.24) is 34.1 Å². The van der Waals surface area contributed by atoms with E-state index in [9.17, 15) is 10.2 Å². The monoisotopic (exact) mass is 1810 g/mol. The summed E-state index contributed by atoms with van der Waals surface area (Å²) in [6.07, 6.45) is 7.44. The number of pyridine rings is 3. The van der Waals surface area contributed by atoms with E-state index in [0.717, 1.165) is 139 Å². The fourth-order valence-corrected chi connectivity index (χ4v) is 14.5. The van der Waals surface area contributed by atoms with Gasteiger partial charge in [0.25, 0.3) is 0 Å². The number of imidazole rings is 2. The fourth-order valence-electron chi connectivity index (χ4n) is 14.5. The van der Waals surface area contributed by atoms with Crippen molar-refractivity contribution in [3.63, 3.8) is 0 Å². The van der Waals surface area contributed by atoms with Crippen LogP contribution in [0, 0.1) is 19.1 Å². The van der Waals surface area contributed by atoms with Crippen LogP contribution in [0.1, 0.15) is 111 Å². The molecule has 0 fully saturated rings. The van der Waals surface area contributed by atoms with Crippen LogP contribution >= 0.6 is 0 Å². The van der Waals surface area contributed by atoms with E-state index in [1.807, 2.05) is 67.1 Å². The summed E-state index contributed by atoms with van der Waals surface area (Å²) >= 11 is 0. The van der Waals surface area contributed by atoms with Gasteiger partial charge in [-0.1, -0.05) is 293 Å². The van der Waals surface area contributed by atoms with Crippen molar-refractivity contribution in [2.24, 2.45) is 0 Å². The Balaban J connectivity index is 0.000000191. The number of benzene rings is 11.